The Balaban J connectivity index is 1.73. The number of pyridine rings is 2. The van der Waals surface area contributed by atoms with E-state index in [4.69, 9.17) is 4.74 Å². The molecule has 0 atom stereocenters. The van der Waals surface area contributed by atoms with E-state index in [0.717, 1.165) is 5.56 Å². The fourth-order valence-corrected chi connectivity index (χ4v) is 2.89. The van der Waals surface area contributed by atoms with E-state index in [2.05, 4.69) is 9.97 Å². The van der Waals surface area contributed by atoms with Gasteiger partial charge < -0.3 is 14.7 Å². The first-order valence-corrected chi connectivity index (χ1v) is 7.55. The van der Waals surface area contributed by atoms with Crippen LogP contribution in [-0.4, -0.2) is 46.1 Å². The third kappa shape index (κ3) is 3.03. The van der Waals surface area contributed by atoms with Gasteiger partial charge in [0.25, 0.3) is 5.91 Å². The Hall–Kier alpha value is -2.47. The molecule has 0 saturated carbocycles. The maximum Gasteiger partial charge on any atom is 0.259 e. The van der Waals surface area contributed by atoms with Gasteiger partial charge in [-0.05, 0) is 31.0 Å². The summed E-state index contributed by atoms with van der Waals surface area (Å²) in [5.41, 5.74) is 0.317. The lowest BCUT2D eigenvalue weighted by atomic mass is 9.85. The van der Waals surface area contributed by atoms with E-state index in [-0.39, 0.29) is 5.91 Å². The van der Waals surface area contributed by atoms with Crippen LogP contribution in [0.5, 0.6) is 5.88 Å². The first kappa shape index (κ1) is 15.4. The molecule has 3 rings (SSSR count). The third-order valence-corrected chi connectivity index (χ3v) is 4.27. The minimum absolute atomic E-state index is 0.122. The number of hydrogen-bond donors (Lipinski definition) is 1. The molecule has 1 aliphatic rings. The third-order valence-electron chi connectivity index (χ3n) is 4.27. The maximum atomic E-state index is 12.6. The Labute approximate surface area is 134 Å². The average Bonchev–Trinajstić information content (AvgIpc) is 2.62. The van der Waals surface area contributed by atoms with Gasteiger partial charge in [-0.15, -0.1) is 0 Å². The smallest absolute Gasteiger partial charge is 0.259 e. The summed E-state index contributed by atoms with van der Waals surface area (Å²) in [5, 5.41) is 10.8. The molecule has 6 heteroatoms. The fourth-order valence-electron chi connectivity index (χ4n) is 2.89. The molecule has 23 heavy (non-hydrogen) atoms. The molecule has 1 aliphatic heterocycles. The minimum Gasteiger partial charge on any atom is -0.480 e. The summed E-state index contributed by atoms with van der Waals surface area (Å²) in [6.45, 7) is 0.949. The summed E-state index contributed by atoms with van der Waals surface area (Å²) in [5.74, 6) is 0.203. The van der Waals surface area contributed by atoms with Crippen LogP contribution in [0.1, 0.15) is 28.8 Å². The van der Waals surface area contributed by atoms with Crippen molar-refractivity contribution in [3.8, 4) is 5.88 Å². The first-order valence-electron chi connectivity index (χ1n) is 7.55. The van der Waals surface area contributed by atoms with E-state index in [9.17, 15) is 9.90 Å². The average molecular weight is 313 g/mol. The second kappa shape index (κ2) is 6.34. The Morgan fingerprint density at radius 2 is 2.00 bits per heavy atom. The number of piperidine rings is 1. The van der Waals surface area contributed by atoms with Crippen LogP contribution in [0, 0.1) is 0 Å². The van der Waals surface area contributed by atoms with E-state index in [1.807, 2.05) is 12.1 Å². The van der Waals surface area contributed by atoms with Crippen molar-refractivity contribution in [2.75, 3.05) is 20.2 Å². The van der Waals surface area contributed by atoms with Crippen molar-refractivity contribution in [3.05, 3.63) is 54.0 Å². The highest BCUT2D eigenvalue weighted by Gasteiger charge is 2.36. The van der Waals surface area contributed by atoms with Crippen LogP contribution in [0.25, 0.3) is 0 Å². The number of likely N-dealkylation sites (tertiary alicyclic amines) is 1. The standard InChI is InChI=1S/C17H19N3O3/c1-23-15-14(5-3-9-19-15)16(21)20-10-6-17(22,7-11-20)13-4-2-8-18-12-13/h2-5,8-9,12,22H,6-7,10-11H2,1H3. The van der Waals surface area contributed by atoms with E-state index in [1.54, 1.807) is 35.6 Å². The summed E-state index contributed by atoms with van der Waals surface area (Å²) < 4.78 is 5.15. The first-order chi connectivity index (χ1) is 11.1. The number of amides is 1. The fraction of sp³-hybridized carbons (Fsp3) is 0.353. The van der Waals surface area contributed by atoms with Gasteiger partial charge in [0.1, 0.15) is 5.56 Å². The quantitative estimate of drug-likeness (QED) is 0.931. The van der Waals surface area contributed by atoms with E-state index in [1.165, 1.54) is 7.11 Å². The van der Waals surface area contributed by atoms with Gasteiger partial charge >= 0.3 is 0 Å². The van der Waals surface area contributed by atoms with E-state index in [0.29, 0.717) is 37.4 Å². The predicted molar refractivity (Wildman–Crippen MR) is 84.1 cm³/mol. The molecule has 1 N–H and O–H groups in total. The highest BCUT2D eigenvalue weighted by Crippen LogP contribution is 2.33. The zero-order valence-electron chi connectivity index (χ0n) is 13.0. The van der Waals surface area contributed by atoms with Gasteiger partial charge in [0.15, 0.2) is 0 Å². The van der Waals surface area contributed by atoms with Crippen molar-refractivity contribution < 1.29 is 14.6 Å². The summed E-state index contributed by atoms with van der Waals surface area (Å²) in [6.07, 6.45) is 5.91. The van der Waals surface area contributed by atoms with Crippen LogP contribution < -0.4 is 4.74 Å². The van der Waals surface area contributed by atoms with E-state index < -0.39 is 5.60 Å². The summed E-state index contributed by atoms with van der Waals surface area (Å²) >= 11 is 0. The molecule has 120 valence electrons. The minimum atomic E-state index is -0.927. The highest BCUT2D eigenvalue weighted by molar-refractivity contribution is 5.96. The Morgan fingerprint density at radius 3 is 2.65 bits per heavy atom. The van der Waals surface area contributed by atoms with Crippen molar-refractivity contribution in [3.63, 3.8) is 0 Å². The molecular weight excluding hydrogens is 294 g/mol. The molecule has 1 amide bonds. The van der Waals surface area contributed by atoms with Crippen molar-refractivity contribution in [2.45, 2.75) is 18.4 Å². The summed E-state index contributed by atoms with van der Waals surface area (Å²) in [4.78, 5) is 22.5. The number of aromatic nitrogens is 2. The van der Waals surface area contributed by atoms with Gasteiger partial charge in [0.05, 0.1) is 12.7 Å². The van der Waals surface area contributed by atoms with Crippen LogP contribution >= 0.6 is 0 Å². The number of rotatable bonds is 3. The van der Waals surface area contributed by atoms with Crippen molar-refractivity contribution in [1.29, 1.82) is 0 Å². The van der Waals surface area contributed by atoms with Gasteiger partial charge in [-0.25, -0.2) is 4.98 Å². The number of carbonyl (C=O) groups is 1. The second-order valence-electron chi connectivity index (χ2n) is 5.63. The predicted octanol–water partition coefficient (Wildman–Crippen LogP) is 1.61. The van der Waals surface area contributed by atoms with Gasteiger partial charge in [0, 0.05) is 37.2 Å². The molecule has 1 fully saturated rings. The highest BCUT2D eigenvalue weighted by atomic mass is 16.5. The molecule has 0 bridgehead atoms. The van der Waals surface area contributed by atoms with Gasteiger partial charge in [-0.1, -0.05) is 6.07 Å². The largest absolute Gasteiger partial charge is 0.480 e. The lowest BCUT2D eigenvalue weighted by Crippen LogP contribution is -2.45. The van der Waals surface area contributed by atoms with Gasteiger partial charge in [0.2, 0.25) is 5.88 Å². The maximum absolute atomic E-state index is 12.6. The number of carbonyl (C=O) groups excluding carboxylic acids is 1. The molecule has 0 spiro atoms. The van der Waals surface area contributed by atoms with Crippen LogP contribution in [-0.2, 0) is 5.60 Å². The molecule has 2 aromatic heterocycles. The van der Waals surface area contributed by atoms with E-state index >= 15 is 0 Å². The molecule has 3 heterocycles. The topological polar surface area (TPSA) is 75.5 Å². The van der Waals surface area contributed by atoms with Crippen LogP contribution in [0.15, 0.2) is 42.9 Å². The molecule has 0 unspecified atom stereocenters. The Morgan fingerprint density at radius 1 is 1.26 bits per heavy atom. The second-order valence-corrected chi connectivity index (χ2v) is 5.63. The van der Waals surface area contributed by atoms with Crippen molar-refractivity contribution in [2.24, 2.45) is 0 Å². The lowest BCUT2D eigenvalue weighted by Gasteiger charge is -2.38. The SMILES string of the molecule is COc1ncccc1C(=O)N1CCC(O)(c2cccnc2)CC1. The lowest BCUT2D eigenvalue weighted by molar-refractivity contribution is -0.0214. The molecule has 2 aromatic rings. The molecule has 0 aliphatic carbocycles. The normalized spacial score (nSPS) is 16.9. The van der Waals surface area contributed by atoms with Crippen LogP contribution in [0.4, 0.5) is 0 Å². The molecule has 0 radical (unpaired) electrons. The van der Waals surface area contributed by atoms with Crippen LogP contribution in [0.2, 0.25) is 0 Å². The number of aliphatic hydroxyl groups is 1. The monoisotopic (exact) mass is 313 g/mol. The number of ether oxygens (including phenoxy) is 1. The van der Waals surface area contributed by atoms with Crippen LogP contribution in [0.3, 0.4) is 0 Å². The van der Waals surface area contributed by atoms with Crippen molar-refractivity contribution in [1.82, 2.24) is 14.9 Å². The van der Waals surface area contributed by atoms with Crippen molar-refractivity contribution >= 4 is 5.91 Å². The number of methoxy groups -OCH3 is 1. The van der Waals surface area contributed by atoms with Gasteiger partial charge in [-0.2, -0.15) is 0 Å². The number of nitrogens with zero attached hydrogens (tertiary/aromatic N) is 3. The number of hydrogen-bond acceptors (Lipinski definition) is 5. The summed E-state index contributed by atoms with van der Waals surface area (Å²) in [6, 6.07) is 7.10. The Kier molecular flexibility index (Phi) is 4.25. The molecule has 0 aromatic carbocycles. The Bertz CT molecular complexity index is 682. The zero-order valence-corrected chi connectivity index (χ0v) is 13.0. The molecule has 6 nitrogen and oxygen atoms in total. The molecular formula is C17H19N3O3. The molecule has 1 saturated heterocycles. The van der Waals surface area contributed by atoms with Gasteiger partial charge in [-0.3, -0.25) is 9.78 Å². The summed E-state index contributed by atoms with van der Waals surface area (Å²) in [7, 11) is 1.50. The zero-order chi connectivity index (χ0) is 16.3.